The summed E-state index contributed by atoms with van der Waals surface area (Å²) in [5.74, 6) is 0.212. The van der Waals surface area contributed by atoms with Crippen molar-refractivity contribution >= 4 is 35.1 Å². The van der Waals surface area contributed by atoms with E-state index in [0.29, 0.717) is 6.04 Å². The van der Waals surface area contributed by atoms with Crippen molar-refractivity contribution in [1.29, 1.82) is 0 Å². The number of carbonyl (C=O) groups excluding carboxylic acids is 1. The SMILES string of the molecule is CN(CC(=O)NC1CC1)c1nc(Cl)nc(Cl)n1. The van der Waals surface area contributed by atoms with Gasteiger partial charge in [0.25, 0.3) is 0 Å². The minimum absolute atomic E-state index is 0.00875. The molecule has 17 heavy (non-hydrogen) atoms. The van der Waals surface area contributed by atoms with Crippen molar-refractivity contribution in [1.82, 2.24) is 20.3 Å². The van der Waals surface area contributed by atoms with Gasteiger partial charge in [-0.3, -0.25) is 4.79 Å². The van der Waals surface area contributed by atoms with E-state index in [9.17, 15) is 4.79 Å². The van der Waals surface area contributed by atoms with E-state index in [4.69, 9.17) is 23.2 Å². The fourth-order valence-corrected chi connectivity index (χ4v) is 1.63. The Morgan fingerprint density at radius 2 is 1.94 bits per heavy atom. The molecule has 0 aromatic carbocycles. The van der Waals surface area contributed by atoms with Gasteiger partial charge in [0.15, 0.2) is 0 Å². The molecule has 1 saturated carbocycles. The first-order chi connectivity index (χ1) is 8.04. The van der Waals surface area contributed by atoms with Gasteiger partial charge >= 0.3 is 0 Å². The highest BCUT2D eigenvalue weighted by Gasteiger charge is 2.24. The third-order valence-electron chi connectivity index (χ3n) is 2.23. The minimum Gasteiger partial charge on any atom is -0.352 e. The summed E-state index contributed by atoms with van der Waals surface area (Å²) < 4.78 is 0. The lowest BCUT2D eigenvalue weighted by Gasteiger charge is -2.16. The Hall–Kier alpha value is -1.14. The number of nitrogens with zero attached hydrogens (tertiary/aromatic N) is 4. The first-order valence-corrected chi connectivity index (χ1v) is 5.88. The van der Waals surface area contributed by atoms with Gasteiger partial charge in [0, 0.05) is 13.1 Å². The number of hydrogen-bond donors (Lipinski definition) is 1. The largest absolute Gasteiger partial charge is 0.352 e. The number of halogens is 2. The predicted octanol–water partition coefficient (Wildman–Crippen LogP) is 0.893. The Kier molecular flexibility index (Phi) is 3.63. The summed E-state index contributed by atoms with van der Waals surface area (Å²) in [6.07, 6.45) is 2.11. The number of hydrogen-bond acceptors (Lipinski definition) is 5. The lowest BCUT2D eigenvalue weighted by molar-refractivity contribution is -0.119. The van der Waals surface area contributed by atoms with E-state index in [1.165, 1.54) is 0 Å². The number of amides is 1. The molecule has 0 aliphatic heterocycles. The van der Waals surface area contributed by atoms with E-state index in [1.54, 1.807) is 11.9 Å². The number of likely N-dealkylation sites (N-methyl/N-ethyl adjacent to an activating group) is 1. The molecule has 0 radical (unpaired) electrons. The molecule has 0 atom stereocenters. The molecule has 0 bridgehead atoms. The highest BCUT2D eigenvalue weighted by Crippen LogP contribution is 2.18. The van der Waals surface area contributed by atoms with Gasteiger partial charge in [0.05, 0.1) is 6.54 Å². The summed E-state index contributed by atoms with van der Waals surface area (Å²) in [5.41, 5.74) is 0. The van der Waals surface area contributed by atoms with E-state index in [-0.39, 0.29) is 29.0 Å². The van der Waals surface area contributed by atoms with Crippen molar-refractivity contribution in [3.8, 4) is 0 Å². The van der Waals surface area contributed by atoms with E-state index < -0.39 is 0 Å². The molecular formula is C9H11Cl2N5O. The van der Waals surface area contributed by atoms with Crippen LogP contribution in [0.5, 0.6) is 0 Å². The Bertz CT molecular complexity index is 417. The lowest BCUT2D eigenvalue weighted by Crippen LogP contribution is -2.37. The third-order valence-corrected chi connectivity index (χ3v) is 2.57. The van der Waals surface area contributed by atoms with Crippen molar-refractivity contribution in [2.45, 2.75) is 18.9 Å². The Morgan fingerprint density at radius 1 is 1.35 bits per heavy atom. The van der Waals surface area contributed by atoms with Gasteiger partial charge in [-0.05, 0) is 36.0 Å². The third kappa shape index (κ3) is 3.67. The molecule has 1 aromatic heterocycles. The monoisotopic (exact) mass is 275 g/mol. The highest BCUT2D eigenvalue weighted by molar-refractivity contribution is 6.31. The maximum absolute atomic E-state index is 11.6. The zero-order chi connectivity index (χ0) is 12.4. The number of rotatable bonds is 4. The lowest BCUT2D eigenvalue weighted by atomic mass is 10.5. The quantitative estimate of drug-likeness (QED) is 0.884. The maximum atomic E-state index is 11.6. The smallest absolute Gasteiger partial charge is 0.239 e. The van der Waals surface area contributed by atoms with Crippen LogP contribution in [-0.4, -0.2) is 40.5 Å². The number of carbonyl (C=O) groups is 1. The van der Waals surface area contributed by atoms with Gasteiger partial charge in [-0.15, -0.1) is 0 Å². The van der Waals surface area contributed by atoms with E-state index in [2.05, 4.69) is 20.3 Å². The average Bonchev–Trinajstić information content (AvgIpc) is 2.99. The summed E-state index contributed by atoms with van der Waals surface area (Å²) in [5, 5.41) is 2.88. The summed E-state index contributed by atoms with van der Waals surface area (Å²) in [6, 6.07) is 0.335. The zero-order valence-electron chi connectivity index (χ0n) is 9.15. The van der Waals surface area contributed by atoms with E-state index in [1.807, 2.05) is 0 Å². The van der Waals surface area contributed by atoms with Gasteiger partial charge < -0.3 is 10.2 Å². The van der Waals surface area contributed by atoms with Crippen molar-refractivity contribution in [2.24, 2.45) is 0 Å². The normalized spacial score (nSPS) is 14.5. The molecule has 1 N–H and O–H groups in total. The second-order valence-corrected chi connectivity index (χ2v) is 4.55. The van der Waals surface area contributed by atoms with Crippen LogP contribution < -0.4 is 10.2 Å². The topological polar surface area (TPSA) is 71.0 Å². The first-order valence-electron chi connectivity index (χ1n) is 5.12. The van der Waals surface area contributed by atoms with Crippen LogP contribution in [0.15, 0.2) is 0 Å². The van der Waals surface area contributed by atoms with Crippen molar-refractivity contribution in [3.63, 3.8) is 0 Å². The standard InChI is InChI=1S/C9H11Cl2N5O/c1-16(4-6(17)12-5-2-3-5)9-14-7(10)13-8(11)15-9/h5H,2-4H2,1H3,(H,12,17). The predicted molar refractivity (Wildman–Crippen MR) is 64.3 cm³/mol. The van der Waals surface area contributed by atoms with Gasteiger partial charge in [0.2, 0.25) is 22.4 Å². The summed E-state index contributed by atoms with van der Waals surface area (Å²) >= 11 is 11.3. The fraction of sp³-hybridized carbons (Fsp3) is 0.556. The van der Waals surface area contributed by atoms with Crippen LogP contribution in [0.1, 0.15) is 12.8 Å². The molecule has 1 aliphatic rings. The van der Waals surface area contributed by atoms with E-state index in [0.717, 1.165) is 12.8 Å². The van der Waals surface area contributed by atoms with Gasteiger partial charge in [0.1, 0.15) is 0 Å². The van der Waals surface area contributed by atoms with Crippen LogP contribution in [0.2, 0.25) is 10.6 Å². The van der Waals surface area contributed by atoms with Crippen LogP contribution >= 0.6 is 23.2 Å². The second kappa shape index (κ2) is 5.01. The van der Waals surface area contributed by atoms with Gasteiger partial charge in [-0.1, -0.05) is 0 Å². The van der Waals surface area contributed by atoms with Crippen molar-refractivity contribution in [3.05, 3.63) is 10.6 Å². The first kappa shape index (κ1) is 12.3. The van der Waals surface area contributed by atoms with Crippen LogP contribution in [0.3, 0.4) is 0 Å². The molecule has 1 heterocycles. The maximum Gasteiger partial charge on any atom is 0.239 e. The molecule has 92 valence electrons. The molecular weight excluding hydrogens is 265 g/mol. The minimum atomic E-state index is -0.0670. The molecule has 1 aliphatic carbocycles. The van der Waals surface area contributed by atoms with Crippen LogP contribution in [0.25, 0.3) is 0 Å². The Morgan fingerprint density at radius 3 is 2.47 bits per heavy atom. The molecule has 1 amide bonds. The average molecular weight is 276 g/mol. The summed E-state index contributed by atoms with van der Waals surface area (Å²) in [6.45, 7) is 0.160. The van der Waals surface area contributed by atoms with Crippen molar-refractivity contribution in [2.75, 3.05) is 18.5 Å². The zero-order valence-corrected chi connectivity index (χ0v) is 10.7. The van der Waals surface area contributed by atoms with Gasteiger partial charge in [-0.2, -0.15) is 15.0 Å². The Labute approximate surface area is 108 Å². The highest BCUT2D eigenvalue weighted by atomic mass is 35.5. The molecule has 6 nitrogen and oxygen atoms in total. The molecule has 1 fully saturated rings. The van der Waals surface area contributed by atoms with Crippen LogP contribution in [0, 0.1) is 0 Å². The molecule has 8 heteroatoms. The van der Waals surface area contributed by atoms with Crippen LogP contribution in [-0.2, 0) is 4.79 Å². The fourth-order valence-electron chi connectivity index (χ4n) is 1.27. The van der Waals surface area contributed by atoms with Crippen molar-refractivity contribution < 1.29 is 4.79 Å². The summed E-state index contributed by atoms with van der Waals surface area (Å²) in [7, 11) is 1.69. The molecule has 2 rings (SSSR count). The molecule has 0 spiro atoms. The van der Waals surface area contributed by atoms with Crippen LogP contribution in [0.4, 0.5) is 5.95 Å². The number of nitrogens with one attached hydrogen (secondary N) is 1. The molecule has 0 saturated heterocycles. The van der Waals surface area contributed by atoms with Gasteiger partial charge in [-0.25, -0.2) is 0 Å². The summed E-state index contributed by atoms with van der Waals surface area (Å²) in [4.78, 5) is 24.5. The number of aromatic nitrogens is 3. The molecule has 0 unspecified atom stereocenters. The second-order valence-electron chi connectivity index (χ2n) is 3.87. The van der Waals surface area contributed by atoms with E-state index >= 15 is 0 Å². The Balaban J connectivity index is 1.97. The molecule has 1 aromatic rings. The number of anilines is 1.